The van der Waals surface area contributed by atoms with Crippen LogP contribution in [0.3, 0.4) is 0 Å². The number of methoxy groups -OCH3 is 1. The normalized spacial score (nSPS) is 11.1. The second kappa shape index (κ2) is 8.37. The van der Waals surface area contributed by atoms with Gasteiger partial charge >= 0.3 is 5.97 Å². The smallest absolute Gasteiger partial charge is 0.327 e. The van der Waals surface area contributed by atoms with Crippen molar-refractivity contribution in [1.29, 1.82) is 0 Å². The van der Waals surface area contributed by atoms with E-state index in [1.165, 1.54) is 31.4 Å². The molecule has 26 heavy (non-hydrogen) atoms. The lowest BCUT2D eigenvalue weighted by Gasteiger charge is -2.21. The standard InChI is InChI=1S/C17H17ClFNO5S/c1-24-16-7-6-12(8-15(16)19)11-25-17(21)10-20(26(2,22)23)14-5-3-4-13(18)9-14/h3-9H,10-11H2,1-2H3. The molecule has 2 rings (SSSR count). The lowest BCUT2D eigenvalue weighted by molar-refractivity contribution is -0.143. The van der Waals surface area contributed by atoms with E-state index in [-0.39, 0.29) is 18.0 Å². The second-order valence-electron chi connectivity index (χ2n) is 5.38. The van der Waals surface area contributed by atoms with Crippen molar-refractivity contribution >= 4 is 33.3 Å². The number of rotatable bonds is 7. The third-order valence-corrected chi connectivity index (χ3v) is 4.76. The zero-order valence-electron chi connectivity index (χ0n) is 14.1. The van der Waals surface area contributed by atoms with Crippen LogP contribution >= 0.6 is 11.6 Å². The molecule has 0 spiro atoms. The van der Waals surface area contributed by atoms with Crippen molar-refractivity contribution in [2.24, 2.45) is 0 Å². The Hall–Kier alpha value is -2.32. The molecule has 0 fully saturated rings. The van der Waals surface area contributed by atoms with E-state index in [0.29, 0.717) is 10.6 Å². The highest BCUT2D eigenvalue weighted by atomic mass is 35.5. The molecule has 0 aliphatic heterocycles. The molecule has 0 heterocycles. The van der Waals surface area contributed by atoms with Crippen molar-refractivity contribution < 1.29 is 27.1 Å². The van der Waals surface area contributed by atoms with Crippen molar-refractivity contribution in [2.45, 2.75) is 6.61 Å². The van der Waals surface area contributed by atoms with Crippen molar-refractivity contribution in [3.8, 4) is 5.75 Å². The maximum atomic E-state index is 13.6. The SMILES string of the molecule is COc1ccc(COC(=O)CN(c2cccc(Cl)c2)S(C)(=O)=O)cc1F. The predicted octanol–water partition coefficient (Wildman–Crippen LogP) is 3.00. The summed E-state index contributed by atoms with van der Waals surface area (Å²) in [5.74, 6) is -1.30. The number of carbonyl (C=O) groups excluding carboxylic acids is 1. The van der Waals surface area contributed by atoms with Crippen LogP contribution in [0.25, 0.3) is 0 Å². The average molecular weight is 402 g/mol. The number of hydrogen-bond donors (Lipinski definition) is 0. The highest BCUT2D eigenvalue weighted by Gasteiger charge is 2.22. The van der Waals surface area contributed by atoms with Crippen LogP contribution in [0.4, 0.5) is 10.1 Å². The molecule has 0 saturated carbocycles. The summed E-state index contributed by atoms with van der Waals surface area (Å²) in [6.07, 6.45) is 0.972. The average Bonchev–Trinajstić information content (AvgIpc) is 2.57. The first-order valence-corrected chi connectivity index (χ1v) is 9.64. The lowest BCUT2D eigenvalue weighted by Crippen LogP contribution is -2.35. The summed E-state index contributed by atoms with van der Waals surface area (Å²) in [7, 11) is -2.39. The van der Waals surface area contributed by atoms with E-state index in [2.05, 4.69) is 0 Å². The van der Waals surface area contributed by atoms with E-state index in [1.807, 2.05) is 0 Å². The molecule has 6 nitrogen and oxygen atoms in total. The lowest BCUT2D eigenvalue weighted by atomic mass is 10.2. The van der Waals surface area contributed by atoms with E-state index in [9.17, 15) is 17.6 Å². The van der Waals surface area contributed by atoms with Crippen LogP contribution in [0.2, 0.25) is 5.02 Å². The van der Waals surface area contributed by atoms with E-state index >= 15 is 0 Å². The van der Waals surface area contributed by atoms with E-state index in [0.717, 1.165) is 10.6 Å². The van der Waals surface area contributed by atoms with Crippen molar-refractivity contribution in [3.63, 3.8) is 0 Å². The molecule has 0 N–H and O–H groups in total. The number of nitrogens with zero attached hydrogens (tertiary/aromatic N) is 1. The van der Waals surface area contributed by atoms with Gasteiger partial charge in [-0.05, 0) is 35.9 Å². The topological polar surface area (TPSA) is 72.9 Å². The summed E-state index contributed by atoms with van der Waals surface area (Å²) in [4.78, 5) is 12.1. The van der Waals surface area contributed by atoms with Gasteiger partial charge in [-0.1, -0.05) is 23.7 Å². The fraction of sp³-hybridized carbons (Fsp3) is 0.235. The number of halogens is 2. The summed E-state index contributed by atoms with van der Waals surface area (Å²) < 4.78 is 48.3. The zero-order valence-corrected chi connectivity index (χ0v) is 15.7. The van der Waals surface area contributed by atoms with Crippen LogP contribution in [0, 0.1) is 5.82 Å². The summed E-state index contributed by atoms with van der Waals surface area (Å²) in [5, 5.41) is 0.332. The maximum Gasteiger partial charge on any atom is 0.327 e. The fourth-order valence-corrected chi connectivity index (χ4v) is 3.18. The molecule has 0 saturated heterocycles. The molecule has 0 aromatic heterocycles. The van der Waals surface area contributed by atoms with Gasteiger partial charge in [0.15, 0.2) is 11.6 Å². The molecule has 0 unspecified atom stereocenters. The molecule has 9 heteroatoms. The molecule has 0 aliphatic rings. The molecule has 2 aromatic carbocycles. The Balaban J connectivity index is 2.07. The Morgan fingerprint density at radius 2 is 1.96 bits per heavy atom. The first kappa shape index (κ1) is 20.0. The molecule has 0 amide bonds. The largest absolute Gasteiger partial charge is 0.494 e. The predicted molar refractivity (Wildman–Crippen MR) is 96.4 cm³/mol. The Morgan fingerprint density at radius 1 is 1.23 bits per heavy atom. The number of sulfonamides is 1. The number of ether oxygens (including phenoxy) is 2. The Bertz CT molecular complexity index is 904. The minimum Gasteiger partial charge on any atom is -0.494 e. The van der Waals surface area contributed by atoms with Crippen LogP contribution in [-0.4, -0.2) is 34.3 Å². The number of esters is 1. The minimum atomic E-state index is -3.73. The molecular formula is C17H17ClFNO5S. The maximum absolute atomic E-state index is 13.6. The monoisotopic (exact) mass is 401 g/mol. The van der Waals surface area contributed by atoms with Gasteiger partial charge in [0.25, 0.3) is 0 Å². The van der Waals surface area contributed by atoms with Gasteiger partial charge in [0.05, 0.1) is 19.1 Å². The van der Waals surface area contributed by atoms with Gasteiger partial charge in [-0.15, -0.1) is 0 Å². The van der Waals surface area contributed by atoms with Gasteiger partial charge in [0.2, 0.25) is 10.0 Å². The molecular weight excluding hydrogens is 385 g/mol. The summed E-state index contributed by atoms with van der Waals surface area (Å²) >= 11 is 5.87. The second-order valence-corrected chi connectivity index (χ2v) is 7.72. The first-order valence-electron chi connectivity index (χ1n) is 7.42. The molecule has 0 atom stereocenters. The first-order chi connectivity index (χ1) is 12.2. The number of anilines is 1. The zero-order chi connectivity index (χ0) is 19.3. The van der Waals surface area contributed by atoms with Gasteiger partial charge in [0.1, 0.15) is 13.2 Å². The summed E-state index contributed by atoms with van der Waals surface area (Å²) in [5.41, 5.74) is 0.651. The highest BCUT2D eigenvalue weighted by molar-refractivity contribution is 7.92. The van der Waals surface area contributed by atoms with Crippen LogP contribution < -0.4 is 9.04 Å². The summed E-state index contributed by atoms with van der Waals surface area (Å²) in [6.45, 7) is -0.731. The third-order valence-electron chi connectivity index (χ3n) is 3.39. The molecule has 140 valence electrons. The number of benzene rings is 2. The Kier molecular flexibility index (Phi) is 6.44. The number of hydrogen-bond acceptors (Lipinski definition) is 5. The van der Waals surface area contributed by atoms with Crippen LogP contribution in [0.5, 0.6) is 5.75 Å². The van der Waals surface area contributed by atoms with E-state index in [1.54, 1.807) is 18.2 Å². The third kappa shape index (κ3) is 5.34. The van der Waals surface area contributed by atoms with Gasteiger partial charge < -0.3 is 9.47 Å². The van der Waals surface area contributed by atoms with Gasteiger partial charge in [0, 0.05) is 5.02 Å². The van der Waals surface area contributed by atoms with E-state index < -0.39 is 28.4 Å². The van der Waals surface area contributed by atoms with Crippen LogP contribution in [0.1, 0.15) is 5.56 Å². The molecule has 2 aromatic rings. The van der Waals surface area contributed by atoms with Crippen LogP contribution in [0.15, 0.2) is 42.5 Å². The van der Waals surface area contributed by atoms with E-state index in [4.69, 9.17) is 21.1 Å². The van der Waals surface area contributed by atoms with Crippen molar-refractivity contribution in [3.05, 3.63) is 58.9 Å². The van der Waals surface area contributed by atoms with Gasteiger partial charge in [-0.2, -0.15) is 0 Å². The molecule has 0 bridgehead atoms. The van der Waals surface area contributed by atoms with Crippen LogP contribution in [-0.2, 0) is 26.2 Å². The Labute approximate surface area is 156 Å². The molecule has 0 aliphatic carbocycles. The van der Waals surface area contributed by atoms with Crippen molar-refractivity contribution in [1.82, 2.24) is 0 Å². The summed E-state index contributed by atoms with van der Waals surface area (Å²) in [6, 6.07) is 10.2. The van der Waals surface area contributed by atoms with Gasteiger partial charge in [-0.25, -0.2) is 12.8 Å². The quantitative estimate of drug-likeness (QED) is 0.667. The highest BCUT2D eigenvalue weighted by Crippen LogP contribution is 2.22. The van der Waals surface area contributed by atoms with Crippen molar-refractivity contribution in [2.75, 3.05) is 24.2 Å². The Morgan fingerprint density at radius 3 is 2.54 bits per heavy atom. The molecule has 0 radical (unpaired) electrons. The fourth-order valence-electron chi connectivity index (χ4n) is 2.16. The minimum absolute atomic E-state index is 0.0734. The number of carbonyl (C=O) groups is 1. The van der Waals surface area contributed by atoms with Gasteiger partial charge in [-0.3, -0.25) is 9.10 Å².